The Bertz CT molecular complexity index is 983. The zero-order valence-corrected chi connectivity index (χ0v) is 17.4. The lowest BCUT2D eigenvalue weighted by molar-refractivity contribution is -0.139. The van der Waals surface area contributed by atoms with Gasteiger partial charge in [0.2, 0.25) is 10.0 Å². The highest BCUT2D eigenvalue weighted by molar-refractivity contribution is 7.89. The summed E-state index contributed by atoms with van der Waals surface area (Å²) in [6.45, 7) is 3.05. The van der Waals surface area contributed by atoms with Crippen molar-refractivity contribution in [3.8, 4) is 5.75 Å². The van der Waals surface area contributed by atoms with Crippen molar-refractivity contribution in [3.63, 3.8) is 0 Å². The summed E-state index contributed by atoms with van der Waals surface area (Å²) in [5, 5.41) is 0. The van der Waals surface area contributed by atoms with Crippen LogP contribution in [0.25, 0.3) is 0 Å². The van der Waals surface area contributed by atoms with Crippen molar-refractivity contribution in [1.29, 1.82) is 0 Å². The molecular formula is C22H26N2O4S. The maximum atomic E-state index is 13.0. The van der Waals surface area contributed by atoms with Crippen molar-refractivity contribution in [2.24, 2.45) is 0 Å². The van der Waals surface area contributed by atoms with Gasteiger partial charge in [-0.05, 0) is 61.6 Å². The summed E-state index contributed by atoms with van der Waals surface area (Å²) in [5.74, 6) is 0.523. The van der Waals surface area contributed by atoms with Crippen LogP contribution in [0.2, 0.25) is 0 Å². The van der Waals surface area contributed by atoms with Crippen molar-refractivity contribution in [2.45, 2.75) is 37.2 Å². The Morgan fingerprint density at radius 2 is 1.66 bits per heavy atom. The van der Waals surface area contributed by atoms with Gasteiger partial charge >= 0.3 is 0 Å². The number of benzene rings is 2. The molecule has 1 aliphatic heterocycles. The molecule has 2 aromatic rings. The first kappa shape index (κ1) is 19.9. The molecule has 1 amide bonds. The van der Waals surface area contributed by atoms with Gasteiger partial charge in [-0.1, -0.05) is 24.3 Å². The summed E-state index contributed by atoms with van der Waals surface area (Å²) in [6, 6.07) is 14.7. The van der Waals surface area contributed by atoms with Crippen LogP contribution in [0, 0.1) is 0 Å². The molecule has 2 aliphatic rings. The van der Waals surface area contributed by atoms with Crippen molar-refractivity contribution in [3.05, 3.63) is 59.7 Å². The highest BCUT2D eigenvalue weighted by Crippen LogP contribution is 2.27. The Hall–Kier alpha value is -2.38. The number of sulfonamides is 1. The van der Waals surface area contributed by atoms with E-state index < -0.39 is 16.1 Å². The minimum Gasteiger partial charge on any atom is -0.481 e. The molecule has 0 bridgehead atoms. The summed E-state index contributed by atoms with van der Waals surface area (Å²) in [5.41, 5.74) is 2.40. The second-order valence-electron chi connectivity index (χ2n) is 7.59. The van der Waals surface area contributed by atoms with E-state index in [1.165, 1.54) is 9.87 Å². The summed E-state index contributed by atoms with van der Waals surface area (Å²) in [7, 11) is -3.54. The predicted molar refractivity (Wildman–Crippen MR) is 110 cm³/mol. The number of aryl methyl sites for hydroxylation is 2. The molecule has 1 heterocycles. The summed E-state index contributed by atoms with van der Waals surface area (Å²) < 4.78 is 33.3. The Morgan fingerprint density at radius 3 is 2.38 bits per heavy atom. The molecule has 1 atom stereocenters. The lowest BCUT2D eigenvalue weighted by Gasteiger charge is -2.35. The first-order valence-electron chi connectivity index (χ1n) is 10.1. The molecule has 1 fully saturated rings. The number of ether oxygens (including phenoxy) is 1. The first-order chi connectivity index (χ1) is 13.9. The third kappa shape index (κ3) is 4.16. The quantitative estimate of drug-likeness (QED) is 0.754. The number of amides is 1. The number of nitrogens with zero attached hydrogens (tertiary/aromatic N) is 2. The van der Waals surface area contributed by atoms with E-state index in [4.69, 9.17) is 4.74 Å². The molecule has 1 aliphatic carbocycles. The fourth-order valence-electron chi connectivity index (χ4n) is 4.02. The molecule has 0 N–H and O–H groups in total. The molecule has 0 saturated carbocycles. The number of rotatable bonds is 5. The van der Waals surface area contributed by atoms with Gasteiger partial charge in [-0.3, -0.25) is 4.79 Å². The Morgan fingerprint density at radius 1 is 0.966 bits per heavy atom. The summed E-state index contributed by atoms with van der Waals surface area (Å²) >= 11 is 0. The zero-order valence-electron chi connectivity index (χ0n) is 16.6. The van der Waals surface area contributed by atoms with Crippen LogP contribution in [0.15, 0.2) is 53.4 Å². The van der Waals surface area contributed by atoms with Gasteiger partial charge in [-0.15, -0.1) is 0 Å². The van der Waals surface area contributed by atoms with Gasteiger partial charge in [0, 0.05) is 26.2 Å². The van der Waals surface area contributed by atoms with Crippen LogP contribution in [0.5, 0.6) is 5.75 Å². The number of hydrogen-bond acceptors (Lipinski definition) is 4. The summed E-state index contributed by atoms with van der Waals surface area (Å²) in [6.07, 6.45) is 2.44. The molecule has 6 nitrogen and oxygen atoms in total. The van der Waals surface area contributed by atoms with Crippen LogP contribution in [0.1, 0.15) is 24.5 Å². The normalized spacial score (nSPS) is 18.3. The van der Waals surface area contributed by atoms with Gasteiger partial charge < -0.3 is 9.64 Å². The maximum absolute atomic E-state index is 13.0. The standard InChI is InChI=1S/C22H26N2O4S/c1-17(28-20-8-3-2-4-9-20)22(25)23-12-14-24(15-13-23)29(26,27)21-11-10-18-6-5-7-19(18)16-21/h2-4,8-11,16-17H,5-7,12-15H2,1H3/t17-/m1/s1. The number of carbonyl (C=O) groups is 1. The molecule has 0 aromatic heterocycles. The Kier molecular flexibility index (Phi) is 5.61. The number of fused-ring (bicyclic) bond motifs is 1. The van der Waals surface area contributed by atoms with E-state index in [9.17, 15) is 13.2 Å². The van der Waals surface area contributed by atoms with Crippen LogP contribution in [-0.2, 0) is 27.7 Å². The molecule has 154 valence electrons. The van der Waals surface area contributed by atoms with Gasteiger partial charge in [0.05, 0.1) is 4.90 Å². The molecular weight excluding hydrogens is 388 g/mol. The van der Waals surface area contributed by atoms with E-state index >= 15 is 0 Å². The topological polar surface area (TPSA) is 66.9 Å². The Labute approximate surface area is 172 Å². The lowest BCUT2D eigenvalue weighted by Crippen LogP contribution is -2.53. The molecule has 0 spiro atoms. The molecule has 0 unspecified atom stereocenters. The average molecular weight is 415 g/mol. The van der Waals surface area contributed by atoms with Crippen molar-refractivity contribution >= 4 is 15.9 Å². The Balaban J connectivity index is 1.38. The largest absolute Gasteiger partial charge is 0.481 e. The van der Waals surface area contributed by atoms with Crippen molar-refractivity contribution in [1.82, 2.24) is 9.21 Å². The maximum Gasteiger partial charge on any atom is 0.263 e. The minimum absolute atomic E-state index is 0.122. The first-order valence-corrected chi connectivity index (χ1v) is 11.5. The van der Waals surface area contributed by atoms with E-state index in [1.807, 2.05) is 42.5 Å². The lowest BCUT2D eigenvalue weighted by atomic mass is 10.1. The van der Waals surface area contributed by atoms with Gasteiger partial charge in [0.25, 0.3) is 5.91 Å². The number of piperazine rings is 1. The number of para-hydroxylation sites is 1. The average Bonchev–Trinajstić information content (AvgIpc) is 3.22. The highest BCUT2D eigenvalue weighted by Gasteiger charge is 2.32. The number of hydrogen-bond donors (Lipinski definition) is 0. The smallest absolute Gasteiger partial charge is 0.263 e. The van der Waals surface area contributed by atoms with E-state index in [2.05, 4.69) is 0 Å². The minimum atomic E-state index is -3.54. The van der Waals surface area contributed by atoms with Crippen LogP contribution in [0.4, 0.5) is 0 Å². The van der Waals surface area contributed by atoms with E-state index in [0.29, 0.717) is 36.8 Å². The van der Waals surface area contributed by atoms with Gasteiger partial charge in [-0.25, -0.2) is 8.42 Å². The van der Waals surface area contributed by atoms with Crippen LogP contribution in [-0.4, -0.2) is 55.8 Å². The number of carbonyl (C=O) groups excluding carboxylic acids is 1. The van der Waals surface area contributed by atoms with Gasteiger partial charge in [0.1, 0.15) is 5.75 Å². The summed E-state index contributed by atoms with van der Waals surface area (Å²) in [4.78, 5) is 14.7. The third-order valence-electron chi connectivity index (χ3n) is 5.66. The monoisotopic (exact) mass is 414 g/mol. The highest BCUT2D eigenvalue weighted by atomic mass is 32.2. The molecule has 29 heavy (non-hydrogen) atoms. The molecule has 1 saturated heterocycles. The van der Waals surface area contributed by atoms with Gasteiger partial charge in [-0.2, -0.15) is 4.31 Å². The van der Waals surface area contributed by atoms with E-state index in [-0.39, 0.29) is 5.91 Å². The van der Waals surface area contributed by atoms with Crippen LogP contribution >= 0.6 is 0 Å². The fourth-order valence-corrected chi connectivity index (χ4v) is 5.49. The second-order valence-corrected chi connectivity index (χ2v) is 9.52. The van der Waals surface area contributed by atoms with Gasteiger partial charge in [0.15, 0.2) is 6.10 Å². The third-order valence-corrected chi connectivity index (χ3v) is 7.56. The van der Waals surface area contributed by atoms with Crippen molar-refractivity contribution < 1.29 is 17.9 Å². The molecule has 0 radical (unpaired) electrons. The van der Waals surface area contributed by atoms with Crippen LogP contribution < -0.4 is 4.74 Å². The molecule has 2 aromatic carbocycles. The second kappa shape index (κ2) is 8.16. The predicted octanol–water partition coefficient (Wildman–Crippen LogP) is 2.48. The molecule has 7 heteroatoms. The van der Waals surface area contributed by atoms with Crippen LogP contribution in [0.3, 0.4) is 0 Å². The fraction of sp³-hybridized carbons (Fsp3) is 0.409. The van der Waals surface area contributed by atoms with E-state index in [0.717, 1.165) is 24.8 Å². The van der Waals surface area contributed by atoms with E-state index in [1.54, 1.807) is 17.9 Å². The zero-order chi connectivity index (χ0) is 20.4. The van der Waals surface area contributed by atoms with Crippen molar-refractivity contribution in [2.75, 3.05) is 26.2 Å². The SMILES string of the molecule is C[C@@H](Oc1ccccc1)C(=O)N1CCN(S(=O)(=O)c2ccc3c(c2)CCC3)CC1. The molecule has 4 rings (SSSR count).